The van der Waals surface area contributed by atoms with Crippen LogP contribution >= 0.6 is 0 Å². The fourth-order valence-corrected chi connectivity index (χ4v) is 4.24. The van der Waals surface area contributed by atoms with E-state index in [9.17, 15) is 19.2 Å². The maximum Gasteiger partial charge on any atom is 0.513 e. The first-order valence-electron chi connectivity index (χ1n) is 12.4. The molecule has 9 heteroatoms. The van der Waals surface area contributed by atoms with Crippen molar-refractivity contribution >= 4 is 35.3 Å². The number of likely N-dealkylation sites (tertiary alicyclic amines) is 1. The molecule has 0 saturated carbocycles. The third kappa shape index (κ3) is 6.36. The van der Waals surface area contributed by atoms with Gasteiger partial charge in [0.2, 0.25) is 11.8 Å². The van der Waals surface area contributed by atoms with Crippen LogP contribution in [0.3, 0.4) is 0 Å². The summed E-state index contributed by atoms with van der Waals surface area (Å²) in [5.74, 6) is -1.03. The molecule has 1 saturated heterocycles. The molecule has 1 heterocycles. The normalized spacial score (nSPS) is 15.5. The van der Waals surface area contributed by atoms with Crippen LogP contribution in [0.4, 0.5) is 16.2 Å². The Morgan fingerprint density at radius 3 is 2.21 bits per heavy atom. The van der Waals surface area contributed by atoms with Crippen molar-refractivity contribution in [3.63, 3.8) is 0 Å². The van der Waals surface area contributed by atoms with Crippen LogP contribution in [-0.2, 0) is 14.3 Å². The predicted octanol–water partition coefficient (Wildman–Crippen LogP) is 5.02. The second-order valence-corrected chi connectivity index (χ2v) is 8.83. The van der Waals surface area contributed by atoms with Crippen molar-refractivity contribution in [1.82, 2.24) is 4.90 Å². The Morgan fingerprint density at radius 2 is 1.55 bits per heavy atom. The van der Waals surface area contributed by atoms with E-state index in [0.29, 0.717) is 23.5 Å². The molecule has 0 radical (unpaired) electrons. The lowest BCUT2D eigenvalue weighted by molar-refractivity contribution is -0.129. The molecule has 3 aromatic rings. The van der Waals surface area contributed by atoms with Crippen LogP contribution in [0.15, 0.2) is 78.9 Å². The van der Waals surface area contributed by atoms with E-state index in [1.54, 1.807) is 36.1 Å². The highest BCUT2D eigenvalue weighted by Gasteiger charge is 2.37. The Bertz CT molecular complexity index is 1310. The first-order chi connectivity index (χ1) is 18.4. The molecule has 2 N–H and O–H groups in total. The largest absolute Gasteiger partial charge is 0.513 e. The van der Waals surface area contributed by atoms with E-state index in [1.165, 1.54) is 24.3 Å². The zero-order valence-corrected chi connectivity index (χ0v) is 21.2. The lowest BCUT2D eigenvalue weighted by Crippen LogP contribution is -2.30. The summed E-state index contributed by atoms with van der Waals surface area (Å²) in [7, 11) is 0. The summed E-state index contributed by atoms with van der Waals surface area (Å²) in [6, 6.07) is 22.4. The average Bonchev–Trinajstić information content (AvgIpc) is 3.32. The number of benzene rings is 3. The van der Waals surface area contributed by atoms with Crippen LogP contribution < -0.4 is 15.4 Å². The number of hydrogen-bond acceptors (Lipinski definition) is 6. The van der Waals surface area contributed by atoms with E-state index < -0.39 is 18.0 Å². The third-order valence-electron chi connectivity index (χ3n) is 6.29. The van der Waals surface area contributed by atoms with Crippen molar-refractivity contribution in [3.05, 3.63) is 90.0 Å². The van der Waals surface area contributed by atoms with E-state index in [2.05, 4.69) is 10.6 Å². The average molecular weight is 516 g/mol. The summed E-state index contributed by atoms with van der Waals surface area (Å²) in [4.78, 5) is 51.8. The van der Waals surface area contributed by atoms with Crippen molar-refractivity contribution in [2.24, 2.45) is 5.92 Å². The van der Waals surface area contributed by atoms with Gasteiger partial charge >= 0.3 is 6.16 Å². The molecule has 0 aromatic heterocycles. The van der Waals surface area contributed by atoms with E-state index in [4.69, 9.17) is 9.47 Å². The van der Waals surface area contributed by atoms with Crippen molar-refractivity contribution in [2.45, 2.75) is 26.3 Å². The standard InChI is InChI=1S/C29H29N3O6/c1-3-37-29(36)38-23-15-13-21(14-16-23)27(34)30-24-11-7-8-12-25(24)31-28(35)22-17-26(33)32(18-22)19(2)20-9-5-4-6-10-20/h4-16,19,22H,3,17-18H2,1-2H3,(H,30,34)(H,31,35). The molecule has 38 heavy (non-hydrogen) atoms. The molecule has 1 aliphatic heterocycles. The van der Waals surface area contributed by atoms with Crippen molar-refractivity contribution < 1.29 is 28.7 Å². The number of anilines is 2. The van der Waals surface area contributed by atoms with Gasteiger partial charge in [-0.2, -0.15) is 0 Å². The van der Waals surface area contributed by atoms with Crippen LogP contribution in [0.5, 0.6) is 5.75 Å². The van der Waals surface area contributed by atoms with E-state index >= 15 is 0 Å². The molecule has 3 amide bonds. The van der Waals surface area contributed by atoms with Crippen LogP contribution in [-0.4, -0.2) is 41.9 Å². The van der Waals surface area contributed by atoms with Crippen LogP contribution in [0.2, 0.25) is 0 Å². The lowest BCUT2D eigenvalue weighted by Gasteiger charge is -2.25. The summed E-state index contributed by atoms with van der Waals surface area (Å²) in [5, 5.41) is 5.66. The van der Waals surface area contributed by atoms with Gasteiger partial charge in [0.1, 0.15) is 5.75 Å². The van der Waals surface area contributed by atoms with E-state index in [-0.39, 0.29) is 36.6 Å². The number of nitrogens with one attached hydrogen (secondary N) is 2. The highest BCUT2D eigenvalue weighted by atomic mass is 16.7. The van der Waals surface area contributed by atoms with Gasteiger partial charge in [0.25, 0.3) is 5.91 Å². The van der Waals surface area contributed by atoms with Gasteiger partial charge in [-0.25, -0.2) is 4.79 Å². The topological polar surface area (TPSA) is 114 Å². The Kier molecular flexibility index (Phi) is 8.37. The summed E-state index contributed by atoms with van der Waals surface area (Å²) in [6.45, 7) is 4.13. The number of ether oxygens (including phenoxy) is 2. The molecule has 0 aliphatic carbocycles. The Morgan fingerprint density at radius 1 is 0.921 bits per heavy atom. The van der Waals surface area contributed by atoms with Crippen LogP contribution in [0.25, 0.3) is 0 Å². The molecule has 0 bridgehead atoms. The zero-order valence-electron chi connectivity index (χ0n) is 21.2. The molecule has 4 rings (SSSR count). The van der Waals surface area contributed by atoms with Crippen LogP contribution in [0.1, 0.15) is 42.2 Å². The number of carbonyl (C=O) groups excluding carboxylic acids is 4. The second-order valence-electron chi connectivity index (χ2n) is 8.83. The predicted molar refractivity (Wildman–Crippen MR) is 142 cm³/mol. The van der Waals surface area contributed by atoms with Gasteiger partial charge in [-0.15, -0.1) is 0 Å². The molecule has 196 valence electrons. The number of rotatable bonds is 8. The van der Waals surface area contributed by atoms with Gasteiger partial charge in [0.15, 0.2) is 0 Å². The first kappa shape index (κ1) is 26.4. The molecule has 9 nitrogen and oxygen atoms in total. The van der Waals surface area contributed by atoms with Gasteiger partial charge in [0.05, 0.1) is 29.9 Å². The smallest absolute Gasteiger partial charge is 0.434 e. The molecule has 1 fully saturated rings. The molecule has 0 spiro atoms. The van der Waals surface area contributed by atoms with E-state index in [1.807, 2.05) is 37.3 Å². The summed E-state index contributed by atoms with van der Waals surface area (Å²) < 4.78 is 9.74. The third-order valence-corrected chi connectivity index (χ3v) is 6.29. The number of nitrogens with zero attached hydrogens (tertiary/aromatic N) is 1. The minimum absolute atomic E-state index is 0.0709. The van der Waals surface area contributed by atoms with Crippen LogP contribution in [0, 0.1) is 5.92 Å². The second kappa shape index (κ2) is 12.1. The minimum Gasteiger partial charge on any atom is -0.434 e. The fourth-order valence-electron chi connectivity index (χ4n) is 4.24. The SMILES string of the molecule is CCOC(=O)Oc1ccc(C(=O)Nc2ccccc2NC(=O)C2CC(=O)N(C(C)c3ccccc3)C2)cc1. The Labute approximate surface area is 220 Å². The highest BCUT2D eigenvalue weighted by molar-refractivity contribution is 6.07. The Hall–Kier alpha value is -4.66. The molecule has 2 unspecified atom stereocenters. The minimum atomic E-state index is -0.823. The zero-order chi connectivity index (χ0) is 27.1. The van der Waals surface area contributed by atoms with Crippen molar-refractivity contribution in [1.29, 1.82) is 0 Å². The summed E-state index contributed by atoms with van der Waals surface area (Å²) >= 11 is 0. The highest BCUT2D eigenvalue weighted by Crippen LogP contribution is 2.30. The number of carbonyl (C=O) groups is 4. The molecule has 2 atom stereocenters. The quantitative estimate of drug-likeness (QED) is 0.322. The molecular weight excluding hydrogens is 486 g/mol. The lowest BCUT2D eigenvalue weighted by atomic mass is 10.1. The first-order valence-corrected chi connectivity index (χ1v) is 12.4. The fraction of sp³-hybridized carbons (Fsp3) is 0.241. The van der Waals surface area contributed by atoms with Gasteiger partial charge in [-0.3, -0.25) is 14.4 Å². The number of hydrogen-bond donors (Lipinski definition) is 2. The Balaban J connectivity index is 1.38. The maximum absolute atomic E-state index is 13.1. The number of amides is 3. The molecule has 3 aromatic carbocycles. The summed E-state index contributed by atoms with van der Waals surface area (Å²) in [5.41, 5.74) is 2.18. The van der Waals surface area contributed by atoms with Gasteiger partial charge < -0.3 is 25.0 Å². The van der Waals surface area contributed by atoms with E-state index in [0.717, 1.165) is 5.56 Å². The monoisotopic (exact) mass is 515 g/mol. The number of para-hydroxylation sites is 2. The van der Waals surface area contributed by atoms with Gasteiger partial charge in [-0.1, -0.05) is 42.5 Å². The van der Waals surface area contributed by atoms with Gasteiger partial charge in [-0.05, 0) is 55.8 Å². The maximum atomic E-state index is 13.1. The van der Waals surface area contributed by atoms with Gasteiger partial charge in [0, 0.05) is 18.5 Å². The van der Waals surface area contributed by atoms with Crippen molar-refractivity contribution in [3.8, 4) is 5.75 Å². The molecular formula is C29H29N3O6. The molecule has 1 aliphatic rings. The summed E-state index contributed by atoms with van der Waals surface area (Å²) in [6.07, 6.45) is -0.700. The van der Waals surface area contributed by atoms with Crippen molar-refractivity contribution in [2.75, 3.05) is 23.8 Å².